The van der Waals surface area contributed by atoms with Crippen LogP contribution in [0.25, 0.3) is 0 Å². The lowest BCUT2D eigenvalue weighted by Gasteiger charge is -2.58. The fraction of sp³-hybridized carbons (Fsp3) is 0.731. The number of hydrogen-bond acceptors (Lipinski definition) is 6. The quantitative estimate of drug-likeness (QED) is 0.261. The summed E-state index contributed by atoms with van der Waals surface area (Å²) in [4.78, 5) is 28.2. The fourth-order valence-corrected chi connectivity index (χ4v) is 7.74. The molecule has 4 aliphatic rings. The number of allylic oxidation sites excluding steroid dienone is 2. The number of oxime groups is 1. The van der Waals surface area contributed by atoms with Crippen molar-refractivity contribution in [3.05, 3.63) is 11.6 Å². The average Bonchev–Trinajstić information content (AvgIpc) is 3.08. The maximum Gasteiger partial charge on any atom is 0.327 e. The van der Waals surface area contributed by atoms with Gasteiger partial charge in [0.1, 0.15) is 11.6 Å². The van der Waals surface area contributed by atoms with Crippen LogP contribution in [-0.4, -0.2) is 51.8 Å². The van der Waals surface area contributed by atoms with Crippen molar-refractivity contribution < 1.29 is 24.6 Å². The molecule has 0 spiro atoms. The number of amides is 1. The molecule has 0 aliphatic heterocycles. The van der Waals surface area contributed by atoms with E-state index in [2.05, 4.69) is 48.9 Å². The van der Waals surface area contributed by atoms with E-state index < -0.39 is 23.5 Å². The Morgan fingerprint density at radius 3 is 2.68 bits per heavy atom. The molecule has 0 radical (unpaired) electrons. The smallest absolute Gasteiger partial charge is 0.327 e. The first kappa shape index (κ1) is 25.1. The van der Waals surface area contributed by atoms with Gasteiger partial charge < -0.3 is 20.4 Å². The summed E-state index contributed by atoms with van der Waals surface area (Å²) in [5.74, 6) is 2.71. The van der Waals surface area contributed by atoms with Crippen LogP contribution in [0.1, 0.15) is 65.2 Å². The fourth-order valence-electron chi connectivity index (χ4n) is 7.49. The predicted octanol–water partition coefficient (Wildman–Crippen LogP) is 3.19. The Kier molecular flexibility index (Phi) is 6.82. The zero-order valence-electron chi connectivity index (χ0n) is 20.0. The number of fused-ring (bicyclic) bond motifs is 5. The van der Waals surface area contributed by atoms with E-state index in [1.54, 1.807) is 0 Å². The number of carboxylic acids is 1. The largest absolute Gasteiger partial charge is 0.480 e. The first-order valence-corrected chi connectivity index (χ1v) is 12.9. The number of carboxylic acid groups (broad SMARTS) is 1. The maximum absolute atomic E-state index is 11.9. The number of carbonyl (C=O) groups excluding carboxylic acids is 1. The Labute approximate surface area is 207 Å². The molecule has 7 unspecified atom stereocenters. The third kappa shape index (κ3) is 4.05. The number of nitrogens with one attached hydrogen (secondary N) is 1. The van der Waals surface area contributed by atoms with E-state index >= 15 is 0 Å². The summed E-state index contributed by atoms with van der Waals surface area (Å²) in [7, 11) is 0. The molecule has 4 rings (SSSR count). The lowest BCUT2D eigenvalue weighted by Crippen LogP contribution is -2.54. The number of aliphatic hydroxyl groups is 1. The molecule has 0 bridgehead atoms. The van der Waals surface area contributed by atoms with Crippen LogP contribution in [0.2, 0.25) is 0 Å². The van der Waals surface area contributed by atoms with E-state index in [1.165, 1.54) is 5.57 Å². The molecule has 7 nitrogen and oxygen atoms in total. The summed E-state index contributed by atoms with van der Waals surface area (Å²) in [6.07, 6.45) is 15.5. The van der Waals surface area contributed by atoms with Gasteiger partial charge in [0.05, 0.1) is 5.71 Å². The van der Waals surface area contributed by atoms with Crippen LogP contribution in [0.3, 0.4) is 0 Å². The van der Waals surface area contributed by atoms with Crippen LogP contribution in [-0.2, 0) is 14.4 Å². The van der Waals surface area contributed by atoms with Crippen molar-refractivity contribution in [1.29, 1.82) is 0 Å². The van der Waals surface area contributed by atoms with Crippen molar-refractivity contribution in [2.75, 3.05) is 12.4 Å². The van der Waals surface area contributed by atoms with Crippen LogP contribution in [0.5, 0.6) is 0 Å². The van der Waals surface area contributed by atoms with E-state index in [1.807, 2.05) is 0 Å². The van der Waals surface area contributed by atoms with Gasteiger partial charge in [0, 0.05) is 11.2 Å². The molecule has 0 aromatic heterocycles. The van der Waals surface area contributed by atoms with Gasteiger partial charge in [-0.3, -0.25) is 4.79 Å². The highest BCUT2D eigenvalue weighted by atomic mass is 32.1. The van der Waals surface area contributed by atoms with Gasteiger partial charge in [0.2, 0.25) is 0 Å². The minimum atomic E-state index is -1.13. The summed E-state index contributed by atoms with van der Waals surface area (Å²) in [6.45, 7) is 4.27. The molecule has 0 saturated heterocycles. The van der Waals surface area contributed by atoms with Crippen LogP contribution in [0.4, 0.5) is 0 Å². The third-order valence-electron chi connectivity index (χ3n) is 9.56. The van der Waals surface area contributed by atoms with Gasteiger partial charge in [-0.25, -0.2) is 4.79 Å². The molecule has 0 aromatic carbocycles. The molecule has 3 fully saturated rings. The second kappa shape index (κ2) is 9.23. The molecule has 186 valence electrons. The first-order chi connectivity index (χ1) is 16.1. The first-order valence-electron chi connectivity index (χ1n) is 12.3. The number of carbonyl (C=O) groups is 2. The molecule has 4 aliphatic carbocycles. The number of rotatable bonds is 6. The Morgan fingerprint density at radius 1 is 1.26 bits per heavy atom. The Hall–Kier alpha value is -1.98. The van der Waals surface area contributed by atoms with Gasteiger partial charge in [-0.2, -0.15) is 12.6 Å². The van der Waals surface area contributed by atoms with Crippen molar-refractivity contribution in [3.63, 3.8) is 0 Å². The molecule has 7 atom stereocenters. The van der Waals surface area contributed by atoms with Gasteiger partial charge in [-0.15, -0.1) is 6.42 Å². The topological polar surface area (TPSA) is 108 Å². The van der Waals surface area contributed by atoms with Crippen LogP contribution in [0.15, 0.2) is 16.8 Å². The van der Waals surface area contributed by atoms with Gasteiger partial charge in [-0.1, -0.05) is 30.5 Å². The van der Waals surface area contributed by atoms with Crippen molar-refractivity contribution in [2.24, 2.45) is 33.7 Å². The SMILES string of the molecule is C#CC1(O)CCC2C3CCC4=CC(=NOCC(=O)NC(CS)C(=O)O)CCC4(C)C3CCC21C. The van der Waals surface area contributed by atoms with E-state index in [9.17, 15) is 14.7 Å². The van der Waals surface area contributed by atoms with Crippen LogP contribution < -0.4 is 5.32 Å². The molecule has 0 heterocycles. The third-order valence-corrected chi connectivity index (χ3v) is 9.93. The second-order valence-corrected chi connectivity index (χ2v) is 11.4. The minimum Gasteiger partial charge on any atom is -0.480 e. The molecule has 34 heavy (non-hydrogen) atoms. The zero-order chi connectivity index (χ0) is 24.7. The van der Waals surface area contributed by atoms with E-state index in [0.29, 0.717) is 24.2 Å². The standard InChI is InChI=1S/C26H36N2O5S/c1-4-26(32)12-9-20-18-6-5-16-13-17(28-33-14-22(29)27-21(15-34)23(30)31)7-10-24(16,2)19(18)8-11-25(20,26)3/h1,13,18-21,32,34H,5-12,14-15H2,2-3H3,(H,27,29)(H,30,31). The van der Waals surface area contributed by atoms with Gasteiger partial charge >= 0.3 is 5.97 Å². The highest BCUT2D eigenvalue weighted by Crippen LogP contribution is 2.67. The van der Waals surface area contributed by atoms with Crippen LogP contribution >= 0.6 is 12.6 Å². The Balaban J connectivity index is 1.42. The summed E-state index contributed by atoms with van der Waals surface area (Å²) in [5, 5.41) is 26.7. The normalized spacial score (nSPS) is 40.7. The van der Waals surface area contributed by atoms with E-state index in [-0.39, 0.29) is 23.2 Å². The number of aliphatic carboxylic acids is 1. The summed E-state index contributed by atoms with van der Waals surface area (Å²) in [6, 6.07) is -1.05. The van der Waals surface area contributed by atoms with Crippen molar-refractivity contribution in [3.8, 4) is 12.3 Å². The van der Waals surface area contributed by atoms with Gasteiger partial charge in [0.25, 0.3) is 5.91 Å². The molecule has 0 aromatic rings. The number of hydrogen-bond donors (Lipinski definition) is 4. The molecule has 3 N–H and O–H groups in total. The molecule has 8 heteroatoms. The Bertz CT molecular complexity index is 957. The Morgan fingerprint density at radius 2 is 2.00 bits per heavy atom. The lowest BCUT2D eigenvalue weighted by molar-refractivity contribution is -0.141. The minimum absolute atomic E-state index is 0.00443. The summed E-state index contributed by atoms with van der Waals surface area (Å²) in [5.41, 5.74) is 1.17. The second-order valence-electron chi connectivity index (χ2n) is 11.0. The summed E-state index contributed by atoms with van der Waals surface area (Å²) < 4.78 is 0. The molecule has 3 saturated carbocycles. The van der Waals surface area contributed by atoms with Crippen molar-refractivity contribution in [1.82, 2.24) is 5.32 Å². The number of nitrogens with zero attached hydrogens (tertiary/aromatic N) is 1. The average molecular weight is 489 g/mol. The zero-order valence-corrected chi connectivity index (χ0v) is 20.9. The van der Waals surface area contributed by atoms with Crippen molar-refractivity contribution >= 4 is 30.2 Å². The molecular weight excluding hydrogens is 452 g/mol. The van der Waals surface area contributed by atoms with Gasteiger partial charge in [0.15, 0.2) is 6.61 Å². The predicted molar refractivity (Wildman–Crippen MR) is 132 cm³/mol. The van der Waals surface area contributed by atoms with Crippen molar-refractivity contribution in [2.45, 2.75) is 76.9 Å². The van der Waals surface area contributed by atoms with E-state index in [4.69, 9.17) is 16.4 Å². The maximum atomic E-state index is 11.9. The van der Waals surface area contributed by atoms with Crippen LogP contribution in [0, 0.1) is 40.9 Å². The summed E-state index contributed by atoms with van der Waals surface area (Å²) >= 11 is 3.93. The van der Waals surface area contributed by atoms with Gasteiger partial charge in [-0.05, 0) is 80.6 Å². The van der Waals surface area contributed by atoms with E-state index in [0.717, 1.165) is 50.7 Å². The number of thiol groups is 1. The number of terminal acetylenes is 1. The highest BCUT2D eigenvalue weighted by molar-refractivity contribution is 7.80. The lowest BCUT2D eigenvalue weighted by atomic mass is 9.46. The highest BCUT2D eigenvalue weighted by Gasteiger charge is 2.63. The monoisotopic (exact) mass is 488 g/mol. The molecular formula is C26H36N2O5S. The molecule has 1 amide bonds.